The fraction of sp³-hybridized carbons (Fsp3) is 0.381. The number of rotatable bonds is 5. The lowest BCUT2D eigenvalue weighted by Gasteiger charge is -2.34. The monoisotopic (exact) mass is 386 g/mol. The Bertz CT molecular complexity index is 907. The van der Waals surface area contributed by atoms with Gasteiger partial charge in [0.15, 0.2) is 0 Å². The van der Waals surface area contributed by atoms with Crippen LogP contribution in [-0.4, -0.2) is 31.2 Å². The van der Waals surface area contributed by atoms with Crippen molar-refractivity contribution in [1.29, 1.82) is 0 Å². The summed E-state index contributed by atoms with van der Waals surface area (Å²) in [4.78, 5) is 12.7. The highest BCUT2D eigenvalue weighted by atomic mass is 32.2. The molecule has 27 heavy (non-hydrogen) atoms. The summed E-state index contributed by atoms with van der Waals surface area (Å²) in [6.45, 7) is 4.54. The van der Waals surface area contributed by atoms with Gasteiger partial charge in [-0.2, -0.15) is 4.31 Å². The van der Waals surface area contributed by atoms with Crippen molar-refractivity contribution in [2.45, 2.75) is 50.5 Å². The molecule has 3 rings (SSSR count). The first-order valence-corrected chi connectivity index (χ1v) is 10.9. The first-order valence-electron chi connectivity index (χ1n) is 9.41. The van der Waals surface area contributed by atoms with E-state index in [2.05, 4.69) is 5.32 Å². The molecule has 0 aromatic heterocycles. The predicted octanol–water partition coefficient (Wildman–Crippen LogP) is 4.20. The van der Waals surface area contributed by atoms with Gasteiger partial charge in [0.25, 0.3) is 5.91 Å². The van der Waals surface area contributed by atoms with Crippen LogP contribution in [0.4, 0.5) is 5.69 Å². The molecule has 0 spiro atoms. The minimum atomic E-state index is -3.60. The predicted molar refractivity (Wildman–Crippen MR) is 107 cm³/mol. The first kappa shape index (κ1) is 19.6. The van der Waals surface area contributed by atoms with Crippen molar-refractivity contribution < 1.29 is 13.2 Å². The molecule has 2 aromatic rings. The summed E-state index contributed by atoms with van der Waals surface area (Å²) in [6, 6.07) is 13.8. The smallest absolute Gasteiger partial charge is 0.255 e. The van der Waals surface area contributed by atoms with Crippen LogP contribution in [0.1, 0.15) is 48.5 Å². The molecule has 1 N–H and O–H groups in total. The van der Waals surface area contributed by atoms with E-state index in [1.807, 2.05) is 38.1 Å². The van der Waals surface area contributed by atoms with Crippen LogP contribution in [-0.2, 0) is 10.0 Å². The zero-order valence-electron chi connectivity index (χ0n) is 15.8. The van der Waals surface area contributed by atoms with Crippen LogP contribution in [0.3, 0.4) is 0 Å². The molecule has 0 saturated carbocycles. The third-order valence-electron chi connectivity index (χ3n) is 5.06. The second-order valence-electron chi connectivity index (χ2n) is 7.02. The molecule has 1 heterocycles. The lowest BCUT2D eigenvalue weighted by atomic mass is 10.0. The molecule has 1 aliphatic heterocycles. The molecule has 0 aliphatic carbocycles. The van der Waals surface area contributed by atoms with E-state index in [0.717, 1.165) is 31.2 Å². The van der Waals surface area contributed by atoms with Crippen molar-refractivity contribution in [3.63, 3.8) is 0 Å². The molecule has 1 unspecified atom stereocenters. The maximum atomic E-state index is 13.1. The molecule has 5 nitrogen and oxygen atoms in total. The summed E-state index contributed by atoms with van der Waals surface area (Å²) >= 11 is 0. The lowest BCUT2D eigenvalue weighted by molar-refractivity contribution is 0.102. The van der Waals surface area contributed by atoms with E-state index in [9.17, 15) is 13.2 Å². The molecular weight excluding hydrogens is 360 g/mol. The number of nitrogens with zero attached hydrogens (tertiary/aromatic N) is 1. The highest BCUT2D eigenvalue weighted by molar-refractivity contribution is 7.89. The number of carbonyl (C=O) groups excluding carboxylic acids is 1. The summed E-state index contributed by atoms with van der Waals surface area (Å²) in [5.74, 6) is -0.318. The molecule has 0 bridgehead atoms. The van der Waals surface area contributed by atoms with E-state index in [0.29, 0.717) is 17.8 Å². The summed E-state index contributed by atoms with van der Waals surface area (Å²) in [6.07, 6.45) is 3.63. The molecule has 1 aliphatic rings. The highest BCUT2D eigenvalue weighted by Gasteiger charge is 2.32. The van der Waals surface area contributed by atoms with Gasteiger partial charge in [0.1, 0.15) is 0 Å². The van der Waals surface area contributed by atoms with E-state index in [1.165, 1.54) is 6.07 Å². The molecule has 144 valence electrons. The maximum absolute atomic E-state index is 13.1. The van der Waals surface area contributed by atoms with Gasteiger partial charge < -0.3 is 5.32 Å². The lowest BCUT2D eigenvalue weighted by Crippen LogP contribution is -2.43. The fourth-order valence-corrected chi connectivity index (χ4v) is 5.29. The second-order valence-corrected chi connectivity index (χ2v) is 8.91. The van der Waals surface area contributed by atoms with E-state index in [1.54, 1.807) is 22.5 Å². The quantitative estimate of drug-likeness (QED) is 0.837. The Labute approximate surface area is 161 Å². The maximum Gasteiger partial charge on any atom is 0.255 e. The van der Waals surface area contributed by atoms with Gasteiger partial charge in [-0.1, -0.05) is 37.1 Å². The topological polar surface area (TPSA) is 66.5 Å². The number of sulfonamides is 1. The van der Waals surface area contributed by atoms with Crippen molar-refractivity contribution in [3.05, 3.63) is 59.7 Å². The molecule has 2 aromatic carbocycles. The molecule has 1 fully saturated rings. The Morgan fingerprint density at radius 2 is 1.89 bits per heavy atom. The largest absolute Gasteiger partial charge is 0.322 e. The molecule has 6 heteroatoms. The van der Waals surface area contributed by atoms with Gasteiger partial charge in [-0.15, -0.1) is 0 Å². The van der Waals surface area contributed by atoms with Crippen molar-refractivity contribution in [3.8, 4) is 0 Å². The van der Waals surface area contributed by atoms with Crippen LogP contribution in [0.2, 0.25) is 0 Å². The normalized spacial score (nSPS) is 18.2. The third kappa shape index (κ3) is 4.39. The molecule has 1 atom stereocenters. The van der Waals surface area contributed by atoms with Gasteiger partial charge in [-0.25, -0.2) is 8.42 Å². The van der Waals surface area contributed by atoms with Gasteiger partial charge in [-0.05, 0) is 56.5 Å². The number of nitrogens with one attached hydrogen (secondary N) is 1. The molecule has 0 radical (unpaired) electrons. The van der Waals surface area contributed by atoms with Crippen molar-refractivity contribution in [2.24, 2.45) is 0 Å². The third-order valence-corrected chi connectivity index (χ3v) is 7.00. The summed E-state index contributed by atoms with van der Waals surface area (Å²) < 4.78 is 27.8. The Hall–Kier alpha value is -2.18. The molecule has 1 saturated heterocycles. The zero-order chi connectivity index (χ0) is 19.4. The number of hydrogen-bond acceptors (Lipinski definition) is 3. The van der Waals surface area contributed by atoms with Crippen LogP contribution in [0.5, 0.6) is 0 Å². The highest BCUT2D eigenvalue weighted by Crippen LogP contribution is 2.27. The summed E-state index contributed by atoms with van der Waals surface area (Å²) in [5.41, 5.74) is 2.12. The van der Waals surface area contributed by atoms with E-state index < -0.39 is 10.0 Å². The summed E-state index contributed by atoms with van der Waals surface area (Å²) in [5, 5.41) is 2.82. The van der Waals surface area contributed by atoms with E-state index in [4.69, 9.17) is 0 Å². The number of amides is 1. The van der Waals surface area contributed by atoms with Crippen LogP contribution in [0, 0.1) is 6.92 Å². The number of carbonyl (C=O) groups is 1. The number of piperidine rings is 1. The Kier molecular flexibility index (Phi) is 5.97. The van der Waals surface area contributed by atoms with Crippen LogP contribution < -0.4 is 5.32 Å². The second kappa shape index (κ2) is 8.23. The van der Waals surface area contributed by atoms with Gasteiger partial charge >= 0.3 is 0 Å². The standard InChI is InChI=1S/C21H26N2O3S/c1-3-19-8-4-5-14-23(19)27(25,26)20-9-6-7-17(15-20)21(24)22-18-12-10-16(2)11-13-18/h6-7,9-13,15,19H,3-5,8,14H2,1-2H3,(H,22,24). The van der Waals surface area contributed by atoms with Gasteiger partial charge in [0.05, 0.1) is 4.90 Å². The van der Waals surface area contributed by atoms with E-state index in [-0.39, 0.29) is 16.8 Å². The average Bonchev–Trinajstić information content (AvgIpc) is 2.69. The number of benzene rings is 2. The van der Waals surface area contributed by atoms with Crippen molar-refractivity contribution in [1.82, 2.24) is 4.31 Å². The Morgan fingerprint density at radius 3 is 2.59 bits per heavy atom. The van der Waals surface area contributed by atoms with E-state index >= 15 is 0 Å². The van der Waals surface area contributed by atoms with Gasteiger partial charge in [0.2, 0.25) is 10.0 Å². The minimum Gasteiger partial charge on any atom is -0.322 e. The zero-order valence-corrected chi connectivity index (χ0v) is 16.6. The number of hydrogen-bond donors (Lipinski definition) is 1. The van der Waals surface area contributed by atoms with Gasteiger partial charge in [-0.3, -0.25) is 4.79 Å². The number of anilines is 1. The average molecular weight is 387 g/mol. The summed E-state index contributed by atoms with van der Waals surface area (Å²) in [7, 11) is -3.60. The van der Waals surface area contributed by atoms with Crippen molar-refractivity contribution >= 4 is 21.6 Å². The van der Waals surface area contributed by atoms with Crippen LogP contribution >= 0.6 is 0 Å². The van der Waals surface area contributed by atoms with Crippen LogP contribution in [0.25, 0.3) is 0 Å². The van der Waals surface area contributed by atoms with Crippen molar-refractivity contribution in [2.75, 3.05) is 11.9 Å². The first-order chi connectivity index (χ1) is 12.9. The Balaban J connectivity index is 1.83. The van der Waals surface area contributed by atoms with Gasteiger partial charge in [0, 0.05) is 23.8 Å². The molecular formula is C21H26N2O3S. The molecule has 1 amide bonds. The fourth-order valence-electron chi connectivity index (χ4n) is 3.47. The minimum absolute atomic E-state index is 0.0359. The Morgan fingerprint density at radius 1 is 1.15 bits per heavy atom. The SMILES string of the molecule is CCC1CCCCN1S(=O)(=O)c1cccc(C(=O)Nc2ccc(C)cc2)c1. The number of aryl methyl sites for hydroxylation is 1. The van der Waals surface area contributed by atoms with Crippen LogP contribution in [0.15, 0.2) is 53.4 Å².